The Morgan fingerprint density at radius 3 is 0.977 bits per heavy atom. The number of ether oxygens (including phenoxy) is 7. The molecule has 23 nitrogen and oxygen atoms in total. The molecule has 0 bridgehead atoms. The van der Waals surface area contributed by atoms with Crippen molar-refractivity contribution in [3.05, 3.63) is 71.8 Å². The van der Waals surface area contributed by atoms with E-state index in [1.165, 1.54) is 38.5 Å². The molecule has 23 heteroatoms. The van der Waals surface area contributed by atoms with Gasteiger partial charge in [0.15, 0.2) is 0 Å². The minimum atomic E-state index is -0.968. The monoisotopic (exact) mass is 1250 g/mol. The zero-order valence-corrected chi connectivity index (χ0v) is 50.7. The summed E-state index contributed by atoms with van der Waals surface area (Å²) in [5.41, 5.74) is 6.48. The molecule has 0 unspecified atom stereocenters. The van der Waals surface area contributed by atoms with Gasteiger partial charge in [-0.3, -0.25) is 47.9 Å². The Labute approximate surface area is 519 Å². The van der Waals surface area contributed by atoms with Crippen molar-refractivity contribution >= 4 is 59.7 Å². The Kier molecular flexibility index (Phi) is 49.9. The standard InChI is InChI=1S/C21H28O6.C14H22O6.C11H14O3.C10H16O4.C6H12O.C2H5NO2.CH4/c22-19(26-16-17-8-3-1-4-9-17)12-7-15-25-20(23)13-14-21(24)27-18-10-5-2-6-11-18;15-12(16)7-4-10-19-13(17)8-9-14(18)20-11-5-2-1-3-6-11;12-8-4-7-11(13)14-9-10-5-2-1-3-6-10;11-9(12)6-7-10(13)14-8-4-2-1-3-5-8;7-6-4-2-1-3-5-6;3-1-2(4)5;/h1,3-4,8-9,18H,2,5-7,10-16H2;11H,1-10H2,(H,15,16);1-3,5-6,12H,4,7-9H2;8H,1-7H2,(H,11,12);6-7H,1-5H2;1,3H2,(H,4,5);1H4. The van der Waals surface area contributed by atoms with Gasteiger partial charge in [-0.1, -0.05) is 107 Å². The lowest BCUT2D eigenvalue weighted by Crippen LogP contribution is -2.21. The van der Waals surface area contributed by atoms with Crippen LogP contribution in [0.15, 0.2) is 60.7 Å². The highest BCUT2D eigenvalue weighted by Crippen LogP contribution is 2.23. The van der Waals surface area contributed by atoms with Gasteiger partial charge in [-0.15, -0.1) is 0 Å². The molecular weight excluding hydrogens is 1150 g/mol. The molecule has 0 amide bonds. The molecule has 7 N–H and O–H groups in total. The average Bonchev–Trinajstić information content (AvgIpc) is 3.67. The third kappa shape index (κ3) is 50.1. The molecule has 0 spiro atoms. The Balaban J connectivity index is 0.00000110. The number of carboxylic acids is 3. The van der Waals surface area contributed by atoms with Crippen molar-refractivity contribution in [1.29, 1.82) is 0 Å². The summed E-state index contributed by atoms with van der Waals surface area (Å²) in [5, 5.41) is 41.8. The lowest BCUT2D eigenvalue weighted by atomic mass is 9.98. The van der Waals surface area contributed by atoms with E-state index >= 15 is 0 Å². The van der Waals surface area contributed by atoms with Crippen LogP contribution in [0.25, 0.3) is 0 Å². The average molecular weight is 1250 g/mol. The summed E-state index contributed by atoms with van der Waals surface area (Å²) >= 11 is 0. The number of carbonyl (C=O) groups is 10. The zero-order chi connectivity index (χ0) is 64.1. The van der Waals surface area contributed by atoms with Crippen molar-refractivity contribution in [2.45, 2.75) is 251 Å². The van der Waals surface area contributed by atoms with Gasteiger partial charge in [0.25, 0.3) is 0 Å². The van der Waals surface area contributed by atoms with Crippen LogP contribution in [0, 0.1) is 0 Å². The summed E-state index contributed by atoms with van der Waals surface area (Å²) in [7, 11) is 0. The molecular formula is C65H101NO22. The molecule has 2 aromatic carbocycles. The number of nitrogens with two attached hydrogens (primary N) is 1. The summed E-state index contributed by atoms with van der Waals surface area (Å²) in [6.07, 6.45) is 23.1. The van der Waals surface area contributed by atoms with Gasteiger partial charge in [0.2, 0.25) is 0 Å². The van der Waals surface area contributed by atoms with Crippen LogP contribution in [0.3, 0.4) is 0 Å². The number of aliphatic carboxylic acids is 3. The summed E-state index contributed by atoms with van der Waals surface area (Å²) < 4.78 is 35.8. The number of carbonyl (C=O) groups excluding carboxylic acids is 7. The molecule has 498 valence electrons. The second-order valence-electron chi connectivity index (χ2n) is 21.2. The first-order chi connectivity index (χ1) is 41.9. The minimum absolute atomic E-state index is 0. The van der Waals surface area contributed by atoms with Crippen molar-refractivity contribution in [1.82, 2.24) is 0 Å². The van der Waals surface area contributed by atoms with Gasteiger partial charge < -0.3 is 64.4 Å². The molecule has 4 aliphatic carbocycles. The number of hydrogen-bond acceptors (Lipinski definition) is 20. The van der Waals surface area contributed by atoms with Crippen molar-refractivity contribution in [3.8, 4) is 0 Å². The number of carboxylic acid groups (broad SMARTS) is 3. The highest BCUT2D eigenvalue weighted by Gasteiger charge is 2.21. The normalized spacial score (nSPS) is 14.8. The molecule has 2 aromatic rings. The molecule has 0 atom stereocenters. The molecule has 88 heavy (non-hydrogen) atoms. The number of esters is 7. The minimum Gasteiger partial charge on any atom is -0.481 e. The van der Waals surface area contributed by atoms with Crippen LogP contribution < -0.4 is 5.73 Å². The first-order valence-electron chi connectivity index (χ1n) is 30.8. The van der Waals surface area contributed by atoms with E-state index in [-0.39, 0.29) is 159 Å². The number of hydrogen-bond donors (Lipinski definition) is 6. The summed E-state index contributed by atoms with van der Waals surface area (Å²) in [4.78, 5) is 110. The maximum atomic E-state index is 11.7. The smallest absolute Gasteiger partial charge is 0.317 e. The molecule has 4 aliphatic rings. The number of aliphatic hydroxyl groups is 2. The van der Waals surface area contributed by atoms with E-state index in [0.29, 0.717) is 19.4 Å². The summed E-state index contributed by atoms with van der Waals surface area (Å²) in [5.74, 6) is -5.45. The predicted octanol–water partition coefficient (Wildman–Crippen LogP) is 9.97. The zero-order valence-electron chi connectivity index (χ0n) is 50.7. The predicted molar refractivity (Wildman–Crippen MR) is 324 cm³/mol. The quantitative estimate of drug-likeness (QED) is 0.0262. The largest absolute Gasteiger partial charge is 0.481 e. The Morgan fingerprint density at radius 2 is 0.670 bits per heavy atom. The fourth-order valence-corrected chi connectivity index (χ4v) is 8.78. The van der Waals surface area contributed by atoms with E-state index in [1.54, 1.807) is 0 Å². The number of benzene rings is 2. The van der Waals surface area contributed by atoms with Crippen LogP contribution in [0.2, 0.25) is 0 Å². The molecule has 0 saturated heterocycles. The van der Waals surface area contributed by atoms with Crippen LogP contribution in [0.1, 0.15) is 224 Å². The molecule has 0 heterocycles. The van der Waals surface area contributed by atoms with E-state index in [9.17, 15) is 47.9 Å². The SMILES string of the molecule is C.NCC(=O)O.O=C(CCC(=O)OC1CCCCC1)OCCCC(=O)OCc1ccccc1.O=C(CCCO)OCc1ccccc1.O=C(O)CCC(=O)OC1CCCCC1.O=C(O)CCCOC(=O)CCC(=O)OC1CCCCC1.OC1CCCCC1. The van der Waals surface area contributed by atoms with Gasteiger partial charge in [0.1, 0.15) is 31.5 Å². The number of rotatable bonds is 28. The molecule has 4 saturated carbocycles. The van der Waals surface area contributed by atoms with E-state index in [1.807, 2.05) is 60.7 Å². The summed E-state index contributed by atoms with van der Waals surface area (Å²) in [6.45, 7) is 0.508. The van der Waals surface area contributed by atoms with Crippen molar-refractivity contribution < 1.29 is 107 Å². The van der Waals surface area contributed by atoms with Crippen molar-refractivity contribution in [2.75, 3.05) is 26.4 Å². The molecule has 0 aromatic heterocycles. The van der Waals surface area contributed by atoms with Crippen molar-refractivity contribution in [2.24, 2.45) is 5.73 Å². The van der Waals surface area contributed by atoms with Gasteiger partial charge in [0.05, 0.1) is 64.4 Å². The van der Waals surface area contributed by atoms with Crippen molar-refractivity contribution in [3.63, 3.8) is 0 Å². The third-order valence-corrected chi connectivity index (χ3v) is 13.5. The Hall–Kier alpha value is -6.98. The van der Waals surface area contributed by atoms with Gasteiger partial charge in [-0.25, -0.2) is 0 Å². The first-order valence-corrected chi connectivity index (χ1v) is 30.8. The molecule has 0 aliphatic heterocycles. The maximum Gasteiger partial charge on any atom is 0.317 e. The van der Waals surface area contributed by atoms with Crippen LogP contribution in [-0.2, 0) is 94.3 Å². The first kappa shape index (κ1) is 81.0. The third-order valence-electron chi connectivity index (χ3n) is 13.5. The van der Waals surface area contributed by atoms with E-state index < -0.39 is 29.8 Å². The maximum absolute atomic E-state index is 11.7. The second-order valence-corrected chi connectivity index (χ2v) is 21.2. The van der Waals surface area contributed by atoms with E-state index in [0.717, 1.165) is 101 Å². The van der Waals surface area contributed by atoms with Crippen LogP contribution in [-0.4, -0.2) is 136 Å². The highest BCUT2D eigenvalue weighted by atomic mass is 16.6. The lowest BCUT2D eigenvalue weighted by Gasteiger charge is -2.21. The van der Waals surface area contributed by atoms with Crippen LogP contribution >= 0.6 is 0 Å². The lowest BCUT2D eigenvalue weighted by molar-refractivity contribution is -0.155. The fraction of sp³-hybridized carbons (Fsp3) is 0.662. The van der Waals surface area contributed by atoms with E-state index in [2.05, 4.69) is 5.73 Å². The Bertz CT molecular complexity index is 2200. The molecule has 4 fully saturated rings. The van der Waals surface area contributed by atoms with Crippen LogP contribution in [0.5, 0.6) is 0 Å². The van der Waals surface area contributed by atoms with Gasteiger partial charge >= 0.3 is 59.7 Å². The fourth-order valence-electron chi connectivity index (χ4n) is 8.78. The highest BCUT2D eigenvalue weighted by molar-refractivity contribution is 5.79. The topological polar surface area (TPSA) is 362 Å². The van der Waals surface area contributed by atoms with Gasteiger partial charge in [-0.2, -0.15) is 0 Å². The summed E-state index contributed by atoms with van der Waals surface area (Å²) in [6, 6.07) is 18.9. The second kappa shape index (κ2) is 54.2. The molecule has 6 rings (SSSR count). The Morgan fingerprint density at radius 1 is 0.375 bits per heavy atom. The van der Waals surface area contributed by atoms with Crippen LogP contribution in [0.4, 0.5) is 0 Å². The molecule has 0 radical (unpaired) electrons. The van der Waals surface area contributed by atoms with Gasteiger partial charge in [-0.05, 0) is 120 Å². The van der Waals surface area contributed by atoms with E-state index in [4.69, 9.17) is 58.7 Å². The van der Waals surface area contributed by atoms with Gasteiger partial charge in [0, 0.05) is 25.9 Å². The number of aliphatic hydroxyl groups excluding tert-OH is 2.